The summed E-state index contributed by atoms with van der Waals surface area (Å²) in [6.45, 7) is 2.54. The average molecular weight is 652 g/mol. The summed E-state index contributed by atoms with van der Waals surface area (Å²) in [6, 6.07) is 12.6. The van der Waals surface area contributed by atoms with Crippen molar-refractivity contribution < 1.29 is 22.7 Å². The van der Waals surface area contributed by atoms with Crippen molar-refractivity contribution >= 4 is 28.5 Å². The van der Waals surface area contributed by atoms with Gasteiger partial charge in [-0.25, -0.2) is 18.2 Å². The van der Waals surface area contributed by atoms with E-state index in [2.05, 4.69) is 27.9 Å². The Kier molecular flexibility index (Phi) is 9.24. The maximum atomic E-state index is 14.9. The van der Waals surface area contributed by atoms with E-state index in [4.69, 9.17) is 9.72 Å². The monoisotopic (exact) mass is 652 g/mol. The lowest BCUT2D eigenvalue weighted by atomic mass is 9.88. The van der Waals surface area contributed by atoms with Gasteiger partial charge in [-0.15, -0.1) is 0 Å². The van der Waals surface area contributed by atoms with Gasteiger partial charge in [-0.1, -0.05) is 52.9 Å². The first-order valence-corrected chi connectivity index (χ1v) is 14.8. The zero-order chi connectivity index (χ0) is 27.4. The molecule has 0 bridgehead atoms. The summed E-state index contributed by atoms with van der Waals surface area (Å²) < 4.78 is 51.6. The van der Waals surface area contributed by atoms with E-state index in [9.17, 15) is 18.0 Å². The predicted molar refractivity (Wildman–Crippen MR) is 151 cm³/mol. The number of hydrogen-bond donors (Lipinski definition) is 1. The minimum atomic E-state index is -1.05. The zero-order valence-electron chi connectivity index (χ0n) is 21.5. The van der Waals surface area contributed by atoms with Gasteiger partial charge in [-0.3, -0.25) is 4.79 Å². The molecule has 39 heavy (non-hydrogen) atoms. The number of nitrogens with one attached hydrogen (secondary N) is 1. The molecule has 0 spiro atoms. The Labute approximate surface area is 240 Å². The van der Waals surface area contributed by atoms with Crippen LogP contribution in [0.2, 0.25) is 0 Å². The third-order valence-corrected chi connectivity index (χ3v) is 8.30. The molecule has 0 saturated carbocycles. The molecule has 3 aromatic rings. The molecule has 2 saturated heterocycles. The molecule has 2 fully saturated rings. The van der Waals surface area contributed by atoms with Crippen molar-refractivity contribution in [3.8, 4) is 11.3 Å². The molecule has 0 radical (unpaired) electrons. The van der Waals surface area contributed by atoms with E-state index in [1.165, 1.54) is 0 Å². The second kappa shape index (κ2) is 12.8. The summed E-state index contributed by atoms with van der Waals surface area (Å²) in [4.78, 5) is 20.2. The largest absolute Gasteiger partial charge is 0.381 e. The number of carbonyl (C=O) groups excluding carboxylic acids is 1. The van der Waals surface area contributed by atoms with Crippen LogP contribution in [-0.2, 0) is 16.1 Å². The average Bonchev–Trinajstić information content (AvgIpc) is 3.56. The predicted octanol–water partition coefficient (Wildman–Crippen LogP) is 5.17. The second-order valence-corrected chi connectivity index (χ2v) is 11.0. The van der Waals surface area contributed by atoms with E-state index in [1.807, 2.05) is 34.9 Å². The molecule has 10 heteroatoms. The highest BCUT2D eigenvalue weighted by molar-refractivity contribution is 14.1. The molecule has 5 rings (SSSR count). The quantitative estimate of drug-likeness (QED) is 0.256. The lowest BCUT2D eigenvalue weighted by Crippen LogP contribution is -2.45. The van der Waals surface area contributed by atoms with E-state index in [-0.39, 0.29) is 40.8 Å². The van der Waals surface area contributed by atoms with Gasteiger partial charge in [0.2, 0.25) is 5.91 Å². The van der Waals surface area contributed by atoms with Crippen molar-refractivity contribution in [1.29, 1.82) is 0 Å². The van der Waals surface area contributed by atoms with Gasteiger partial charge in [0.25, 0.3) is 0 Å². The van der Waals surface area contributed by atoms with Crippen molar-refractivity contribution in [3.05, 3.63) is 77.8 Å². The number of alkyl halides is 2. The lowest BCUT2D eigenvalue weighted by Gasteiger charge is -2.39. The fourth-order valence-corrected chi connectivity index (χ4v) is 6.05. The highest BCUT2D eigenvalue weighted by Crippen LogP contribution is 2.38. The van der Waals surface area contributed by atoms with E-state index in [0.29, 0.717) is 50.7 Å². The van der Waals surface area contributed by atoms with Crippen LogP contribution < -0.4 is 5.32 Å². The van der Waals surface area contributed by atoms with Crippen molar-refractivity contribution in [2.45, 2.75) is 31.6 Å². The van der Waals surface area contributed by atoms with E-state index >= 15 is 0 Å². The first-order chi connectivity index (χ1) is 18.9. The Bertz CT molecular complexity index is 1270. The summed E-state index contributed by atoms with van der Waals surface area (Å²) in [7, 11) is 0. The van der Waals surface area contributed by atoms with E-state index < -0.39 is 23.8 Å². The zero-order valence-corrected chi connectivity index (χ0v) is 23.7. The Balaban J connectivity index is 1.64. The van der Waals surface area contributed by atoms with Crippen LogP contribution in [0, 0.1) is 23.5 Å². The molecule has 2 aliphatic rings. The molecule has 2 aliphatic heterocycles. The van der Waals surface area contributed by atoms with Crippen LogP contribution in [-0.4, -0.2) is 63.8 Å². The van der Waals surface area contributed by atoms with Gasteiger partial charge < -0.3 is 19.5 Å². The topological polar surface area (TPSA) is 59.4 Å². The number of halogens is 4. The van der Waals surface area contributed by atoms with Gasteiger partial charge in [0.05, 0.1) is 16.2 Å². The fourth-order valence-electron chi connectivity index (χ4n) is 5.61. The van der Waals surface area contributed by atoms with Gasteiger partial charge >= 0.3 is 0 Å². The number of carbonyl (C=O) groups is 1. The van der Waals surface area contributed by atoms with Crippen molar-refractivity contribution in [2.24, 2.45) is 11.8 Å². The second-order valence-electron chi connectivity index (χ2n) is 10.2. The van der Waals surface area contributed by atoms with Crippen LogP contribution in [0.5, 0.6) is 0 Å². The third-order valence-electron chi connectivity index (χ3n) is 7.64. The van der Waals surface area contributed by atoms with Crippen molar-refractivity contribution in [2.75, 3.05) is 37.3 Å². The summed E-state index contributed by atoms with van der Waals surface area (Å²) in [5.74, 6) is -0.969. The molecule has 1 aromatic heterocycles. The molecule has 3 heterocycles. The Hall–Kier alpha value is -2.44. The number of imidazole rings is 1. The van der Waals surface area contributed by atoms with Crippen LogP contribution >= 0.6 is 22.6 Å². The Morgan fingerprint density at radius 2 is 1.92 bits per heavy atom. The Morgan fingerprint density at radius 1 is 1.15 bits per heavy atom. The van der Waals surface area contributed by atoms with E-state index in [0.717, 1.165) is 23.8 Å². The number of benzene rings is 2. The van der Waals surface area contributed by atoms with Crippen LogP contribution in [0.1, 0.15) is 30.3 Å². The van der Waals surface area contributed by atoms with E-state index in [1.54, 1.807) is 11.1 Å². The maximum Gasteiger partial charge on any atom is 0.233 e. The van der Waals surface area contributed by atoms with Gasteiger partial charge in [-0.2, -0.15) is 0 Å². The van der Waals surface area contributed by atoms with Gasteiger partial charge in [-0.05, 0) is 42.5 Å². The van der Waals surface area contributed by atoms with Gasteiger partial charge in [0.15, 0.2) is 0 Å². The standard InChI is InChI=1S/C29H32F3IN4O2/c30-22-6-7-24(31)23(12-22)26-18-36(16-19-4-2-1-3-5-19)29(35-26)28(20-8-10-39-11-9-20)37(27(38)13-33)17-21-14-34-15-25(21)32/h1-7,12,18,20-21,25,28,34H,8-11,13-17H2/t21-,25-,28?/m0/s1. The van der Waals surface area contributed by atoms with Gasteiger partial charge in [0, 0.05) is 57.1 Å². The fraction of sp³-hybridized carbons (Fsp3) is 0.448. The SMILES string of the molecule is O=C(CI)N(C[C@@H]1CNC[C@@H]1F)C(c1nc(-c2cc(F)ccc2F)cn1Cc1ccccc1)C1CCOCC1. The normalized spacial score (nSPS) is 20.7. The number of aromatic nitrogens is 2. The van der Waals surface area contributed by atoms with Crippen molar-refractivity contribution in [3.63, 3.8) is 0 Å². The van der Waals surface area contributed by atoms with Crippen LogP contribution in [0.3, 0.4) is 0 Å². The number of hydrogen-bond acceptors (Lipinski definition) is 4. The molecule has 1 amide bonds. The van der Waals surface area contributed by atoms with Crippen molar-refractivity contribution in [1.82, 2.24) is 19.8 Å². The molecular weight excluding hydrogens is 620 g/mol. The number of nitrogens with zero attached hydrogens (tertiary/aromatic N) is 3. The molecule has 3 atom stereocenters. The maximum absolute atomic E-state index is 14.9. The number of amides is 1. The minimum absolute atomic E-state index is 0.0141. The van der Waals surface area contributed by atoms with Crippen LogP contribution in [0.25, 0.3) is 11.3 Å². The Morgan fingerprint density at radius 3 is 2.62 bits per heavy atom. The summed E-state index contributed by atoms with van der Waals surface area (Å²) in [5, 5.41) is 3.09. The summed E-state index contributed by atoms with van der Waals surface area (Å²) in [6.07, 6.45) is 2.10. The first-order valence-electron chi connectivity index (χ1n) is 13.3. The molecule has 0 aliphatic carbocycles. The van der Waals surface area contributed by atoms with Crippen LogP contribution in [0.15, 0.2) is 54.7 Å². The molecule has 208 valence electrons. The third kappa shape index (κ3) is 6.49. The first kappa shape index (κ1) is 28.1. The number of ether oxygens (including phenoxy) is 1. The van der Waals surface area contributed by atoms with Crippen LogP contribution in [0.4, 0.5) is 13.2 Å². The molecule has 2 aromatic carbocycles. The highest BCUT2D eigenvalue weighted by atomic mass is 127. The minimum Gasteiger partial charge on any atom is -0.381 e. The van der Waals surface area contributed by atoms with Gasteiger partial charge in [0.1, 0.15) is 23.6 Å². The number of rotatable bonds is 9. The molecule has 6 nitrogen and oxygen atoms in total. The smallest absolute Gasteiger partial charge is 0.233 e. The summed E-state index contributed by atoms with van der Waals surface area (Å²) in [5.41, 5.74) is 1.36. The molecule has 1 unspecified atom stereocenters. The molecule has 1 N–H and O–H groups in total. The highest BCUT2D eigenvalue weighted by Gasteiger charge is 2.39. The lowest BCUT2D eigenvalue weighted by molar-refractivity contribution is -0.134. The molecular formula is C29H32F3IN4O2. The summed E-state index contributed by atoms with van der Waals surface area (Å²) >= 11 is 2.05.